The molecule has 3 fully saturated rings. The van der Waals surface area contributed by atoms with E-state index < -0.39 is 53.4 Å². The Bertz CT molecular complexity index is 1430. The third-order valence-electron chi connectivity index (χ3n) is 8.36. The molecule has 5 rings (SSSR count). The number of aliphatic carboxylic acids is 1. The summed E-state index contributed by atoms with van der Waals surface area (Å²) in [5, 5.41) is 42.2. The van der Waals surface area contributed by atoms with E-state index in [0.717, 1.165) is 18.6 Å². The first-order valence-electron chi connectivity index (χ1n) is 15.0. The maximum atomic E-state index is 12.4. The zero-order chi connectivity index (χ0) is 33.0. The number of carbonyl (C=O) groups is 4. The summed E-state index contributed by atoms with van der Waals surface area (Å²) in [7, 11) is -0.437. The molecule has 0 aromatic carbocycles. The first-order chi connectivity index (χ1) is 22.0. The van der Waals surface area contributed by atoms with Crippen molar-refractivity contribution < 1.29 is 39.2 Å². The number of aromatic nitrogens is 4. The maximum Gasteiger partial charge on any atom is 0.326 e. The Morgan fingerprint density at radius 3 is 2.78 bits per heavy atom. The van der Waals surface area contributed by atoms with Crippen molar-refractivity contribution in [1.29, 1.82) is 0 Å². The van der Waals surface area contributed by atoms with E-state index in [1.165, 1.54) is 17.2 Å². The molecule has 2 aromatic heterocycles. The fraction of sp³-hybridized carbons (Fsp3) is 0.667. The van der Waals surface area contributed by atoms with Gasteiger partial charge in [0, 0.05) is 23.8 Å². The zero-order valence-corrected chi connectivity index (χ0v) is 26.8. The number of nitrogens with zero attached hydrogens (tertiary/aromatic N) is 4. The third-order valence-corrected chi connectivity index (χ3v) is 11.7. The second-order valence-electron chi connectivity index (χ2n) is 11.7. The summed E-state index contributed by atoms with van der Waals surface area (Å²) < 4.78 is 7.48. The highest BCUT2D eigenvalue weighted by atomic mass is 32.2. The lowest BCUT2D eigenvalue weighted by Gasteiger charge is -2.17. The minimum Gasteiger partial charge on any atom is -0.480 e. The molecular formula is C27H40N9O8S2+. The van der Waals surface area contributed by atoms with Crippen LogP contribution in [0.2, 0.25) is 0 Å². The van der Waals surface area contributed by atoms with Crippen molar-refractivity contribution in [2.24, 2.45) is 0 Å². The number of rotatable bonds is 15. The van der Waals surface area contributed by atoms with E-state index in [-0.39, 0.29) is 49.2 Å². The molecule has 19 heteroatoms. The predicted molar refractivity (Wildman–Crippen MR) is 170 cm³/mol. The number of hydrogen-bond acceptors (Lipinski definition) is 12. The first-order valence-corrected chi connectivity index (χ1v) is 18.0. The molecule has 17 nitrogen and oxygen atoms in total. The number of aliphatic hydroxyl groups is 2. The van der Waals surface area contributed by atoms with Crippen LogP contribution in [0.4, 0.5) is 10.6 Å². The molecule has 46 heavy (non-hydrogen) atoms. The minimum atomic E-state index is -1.26. The smallest absolute Gasteiger partial charge is 0.326 e. The Morgan fingerprint density at radius 1 is 1.20 bits per heavy atom. The van der Waals surface area contributed by atoms with Gasteiger partial charge in [-0.3, -0.25) is 14.2 Å². The SMILES string of the molecule is C[S+](CC[C@H](NC(=O)CNC(=O)CCCCC1SC[C@@H]2NC(=O)N[C@H]12)C(=O)O)C[C@H]1O[C@@H](n2cnc3c(N)ncnc32)[C@H](O)[C@@H]1O. The number of ether oxygens (including phenoxy) is 1. The predicted octanol–water partition coefficient (Wildman–Crippen LogP) is -1.92. The van der Waals surface area contributed by atoms with Crippen LogP contribution in [0.1, 0.15) is 38.3 Å². The summed E-state index contributed by atoms with van der Waals surface area (Å²) in [6.07, 6.45) is 3.12. The van der Waals surface area contributed by atoms with Gasteiger partial charge in [-0.1, -0.05) is 6.42 Å². The number of hydrogen-bond donors (Lipinski definition) is 8. The average molecular weight is 683 g/mol. The van der Waals surface area contributed by atoms with E-state index in [0.29, 0.717) is 34.3 Å². The molecular weight excluding hydrogens is 642 g/mol. The van der Waals surface area contributed by atoms with Gasteiger partial charge in [0.15, 0.2) is 17.7 Å². The lowest BCUT2D eigenvalue weighted by Crippen LogP contribution is -2.46. The molecule has 5 heterocycles. The topological polar surface area (TPSA) is 256 Å². The van der Waals surface area contributed by atoms with Crippen molar-refractivity contribution in [2.45, 2.75) is 80.0 Å². The number of aliphatic hydroxyl groups excluding tert-OH is 2. The standard InChI is InChI=1S/C27H39N9O8S2/c1-46(10-15-21(39)22(40)25(44-15)36-12-32-20-23(28)30-11-31-24(20)36)7-6-13(26(41)42)33-18(38)8-29-17(37)5-3-2-4-16-19-14(9-45-16)34-27(43)35-19/h11-16,19,21-22,25,39-40H,2-10H2,1H3,(H6-,28,29,30,31,33,34,35,37,38,41,42,43)/p+1/t13-,14-,15+,16?,19-,21+,22+,25+,46?/m0/s1. The number of nitrogens with one attached hydrogen (secondary N) is 4. The van der Waals surface area contributed by atoms with Crippen LogP contribution in [0.3, 0.4) is 0 Å². The number of nitrogen functional groups attached to an aromatic ring is 1. The first kappa shape index (κ1) is 34.0. The van der Waals surface area contributed by atoms with Crippen LogP contribution in [-0.2, 0) is 30.0 Å². The van der Waals surface area contributed by atoms with Gasteiger partial charge in [0.2, 0.25) is 11.8 Å². The number of imidazole rings is 1. The van der Waals surface area contributed by atoms with E-state index in [9.17, 15) is 34.5 Å². The van der Waals surface area contributed by atoms with Gasteiger partial charge in [-0.25, -0.2) is 24.5 Å². The van der Waals surface area contributed by atoms with Crippen molar-refractivity contribution in [3.8, 4) is 0 Å². The number of unbranched alkanes of at least 4 members (excludes halogenated alkanes) is 1. The number of carboxylic acids is 1. The fourth-order valence-corrected chi connectivity index (χ4v) is 9.06. The molecule has 2 aromatic rings. The Morgan fingerprint density at radius 2 is 2.00 bits per heavy atom. The molecule has 0 bridgehead atoms. The highest BCUT2D eigenvalue weighted by Gasteiger charge is 2.47. The van der Waals surface area contributed by atoms with Crippen molar-refractivity contribution in [1.82, 2.24) is 40.8 Å². The molecule has 0 saturated carbocycles. The average Bonchev–Trinajstić information content (AvgIpc) is 3.77. The van der Waals surface area contributed by atoms with Crippen molar-refractivity contribution in [3.05, 3.63) is 12.7 Å². The summed E-state index contributed by atoms with van der Waals surface area (Å²) in [6.45, 7) is -0.332. The van der Waals surface area contributed by atoms with Gasteiger partial charge in [0.05, 0.1) is 31.2 Å². The van der Waals surface area contributed by atoms with Gasteiger partial charge in [-0.15, -0.1) is 0 Å². The second kappa shape index (κ2) is 15.0. The molecule has 0 radical (unpaired) electrons. The highest BCUT2D eigenvalue weighted by Crippen LogP contribution is 2.34. The minimum absolute atomic E-state index is 0.120. The molecule has 9 atom stereocenters. The number of thioether (sulfide) groups is 1. The molecule has 0 spiro atoms. The van der Waals surface area contributed by atoms with Crippen molar-refractivity contribution in [2.75, 3.05) is 35.8 Å². The zero-order valence-electron chi connectivity index (χ0n) is 25.2. The van der Waals surface area contributed by atoms with E-state index in [1.54, 1.807) is 0 Å². The third kappa shape index (κ3) is 7.93. The van der Waals surface area contributed by atoms with Gasteiger partial charge < -0.3 is 47.1 Å². The summed E-state index contributed by atoms with van der Waals surface area (Å²) in [6, 6.07) is -1.01. The molecule has 252 valence electrons. The molecule has 3 aliphatic rings. The number of fused-ring (bicyclic) bond motifs is 2. The summed E-state index contributed by atoms with van der Waals surface area (Å²) >= 11 is 1.82. The molecule has 9 N–H and O–H groups in total. The van der Waals surface area contributed by atoms with E-state index in [1.807, 2.05) is 18.0 Å². The number of urea groups is 1. The normalized spacial score (nSPS) is 28.3. The van der Waals surface area contributed by atoms with Gasteiger partial charge in [0.1, 0.15) is 47.7 Å². The molecule has 3 aliphatic heterocycles. The number of carbonyl (C=O) groups excluding carboxylic acids is 3. The quantitative estimate of drug-likeness (QED) is 0.0580. The Balaban J connectivity index is 0.999. The lowest BCUT2D eigenvalue weighted by atomic mass is 10.0. The molecule has 2 unspecified atom stereocenters. The summed E-state index contributed by atoms with van der Waals surface area (Å²) in [4.78, 5) is 60.3. The van der Waals surface area contributed by atoms with Crippen LogP contribution in [0.15, 0.2) is 12.7 Å². The van der Waals surface area contributed by atoms with Crippen LogP contribution in [0.25, 0.3) is 11.2 Å². The van der Waals surface area contributed by atoms with Crippen LogP contribution in [-0.4, -0.2) is 130 Å². The highest BCUT2D eigenvalue weighted by molar-refractivity contribution is 8.00. The van der Waals surface area contributed by atoms with E-state index >= 15 is 0 Å². The van der Waals surface area contributed by atoms with Crippen molar-refractivity contribution in [3.63, 3.8) is 0 Å². The fourth-order valence-electron chi connectivity index (χ4n) is 5.88. The number of carboxylic acid groups (broad SMARTS) is 1. The monoisotopic (exact) mass is 682 g/mol. The molecule has 3 saturated heterocycles. The maximum absolute atomic E-state index is 12.4. The van der Waals surface area contributed by atoms with Crippen LogP contribution in [0, 0.1) is 0 Å². The number of anilines is 1. The van der Waals surface area contributed by atoms with Gasteiger partial charge >= 0.3 is 12.0 Å². The molecule has 0 aliphatic carbocycles. The Hall–Kier alpha value is -3.39. The van der Waals surface area contributed by atoms with Crippen LogP contribution >= 0.6 is 11.8 Å². The van der Waals surface area contributed by atoms with Crippen molar-refractivity contribution >= 4 is 63.5 Å². The van der Waals surface area contributed by atoms with Crippen LogP contribution in [0.5, 0.6) is 0 Å². The van der Waals surface area contributed by atoms with E-state index in [2.05, 4.69) is 36.2 Å². The summed E-state index contributed by atoms with van der Waals surface area (Å²) in [5.74, 6) is -0.281. The second-order valence-corrected chi connectivity index (χ2v) is 15.2. The molecule has 4 amide bonds. The largest absolute Gasteiger partial charge is 0.480 e. The van der Waals surface area contributed by atoms with E-state index in [4.69, 9.17) is 10.5 Å². The lowest BCUT2D eigenvalue weighted by molar-refractivity contribution is -0.141. The summed E-state index contributed by atoms with van der Waals surface area (Å²) in [5.41, 5.74) is 6.54. The number of amides is 4. The van der Waals surface area contributed by atoms with Gasteiger partial charge in [0.25, 0.3) is 0 Å². The van der Waals surface area contributed by atoms with Gasteiger partial charge in [-0.05, 0) is 23.7 Å². The number of nitrogens with two attached hydrogens (primary N) is 1. The van der Waals surface area contributed by atoms with Gasteiger partial charge in [-0.2, -0.15) is 11.8 Å². The Labute approximate surface area is 271 Å². The van der Waals surface area contributed by atoms with Crippen LogP contribution < -0.4 is 27.0 Å². The Kier molecular flexibility index (Phi) is 11.1.